The smallest absolute Gasteiger partial charge is 0.255 e. The molecule has 1 amide bonds. The van der Waals surface area contributed by atoms with Gasteiger partial charge < -0.3 is 10.4 Å². The highest BCUT2D eigenvalue weighted by atomic mass is 79.9. The fourth-order valence-corrected chi connectivity index (χ4v) is 1.37. The van der Waals surface area contributed by atoms with E-state index in [1.165, 1.54) is 13.8 Å². The molecular formula is C11H14BrNO2. The van der Waals surface area contributed by atoms with Crippen molar-refractivity contribution in [3.05, 3.63) is 28.2 Å². The molecule has 0 radical (unpaired) electrons. The quantitative estimate of drug-likeness (QED) is 0.868. The normalized spacial score (nSPS) is 11.3. The molecule has 2 N–H and O–H groups in total. The van der Waals surface area contributed by atoms with Gasteiger partial charge in [-0.1, -0.05) is 22.0 Å². The number of halogens is 1. The van der Waals surface area contributed by atoms with Crippen molar-refractivity contribution >= 4 is 27.5 Å². The zero-order valence-electron chi connectivity index (χ0n) is 8.97. The van der Waals surface area contributed by atoms with Crippen LogP contribution in [0.4, 0.5) is 5.69 Å². The van der Waals surface area contributed by atoms with Gasteiger partial charge in [0.2, 0.25) is 0 Å². The molecule has 1 aromatic carbocycles. The lowest BCUT2D eigenvalue weighted by molar-refractivity contribution is -0.130. The number of nitrogens with one attached hydrogen (secondary N) is 1. The topological polar surface area (TPSA) is 49.3 Å². The molecule has 0 fully saturated rings. The van der Waals surface area contributed by atoms with Gasteiger partial charge in [0.15, 0.2) is 0 Å². The van der Waals surface area contributed by atoms with Gasteiger partial charge in [0.25, 0.3) is 5.91 Å². The predicted octanol–water partition coefficient (Wildman–Crippen LogP) is 2.47. The molecule has 0 aliphatic rings. The number of aliphatic hydroxyl groups is 1. The van der Waals surface area contributed by atoms with Crippen LogP contribution in [0.25, 0.3) is 0 Å². The summed E-state index contributed by atoms with van der Waals surface area (Å²) in [7, 11) is 0. The third-order valence-corrected chi connectivity index (χ3v) is 2.50. The zero-order valence-corrected chi connectivity index (χ0v) is 10.6. The molecule has 82 valence electrons. The van der Waals surface area contributed by atoms with E-state index >= 15 is 0 Å². The monoisotopic (exact) mass is 271 g/mol. The van der Waals surface area contributed by atoms with Crippen LogP contribution in [0, 0.1) is 6.92 Å². The SMILES string of the molecule is Cc1ccc(Br)cc1NC(=O)C(C)(C)O. The van der Waals surface area contributed by atoms with Gasteiger partial charge in [-0.05, 0) is 38.5 Å². The van der Waals surface area contributed by atoms with Gasteiger partial charge in [0.1, 0.15) is 5.60 Å². The van der Waals surface area contributed by atoms with E-state index in [4.69, 9.17) is 0 Å². The molecule has 0 spiro atoms. The van der Waals surface area contributed by atoms with Gasteiger partial charge in [-0.25, -0.2) is 0 Å². The highest BCUT2D eigenvalue weighted by Crippen LogP contribution is 2.21. The summed E-state index contributed by atoms with van der Waals surface area (Å²) < 4.78 is 0.888. The molecule has 0 aliphatic carbocycles. The summed E-state index contributed by atoms with van der Waals surface area (Å²) in [5.74, 6) is -0.413. The van der Waals surface area contributed by atoms with Crippen molar-refractivity contribution in [2.45, 2.75) is 26.4 Å². The average Bonchev–Trinajstić information content (AvgIpc) is 2.09. The third kappa shape index (κ3) is 3.32. The van der Waals surface area contributed by atoms with Crippen molar-refractivity contribution in [1.82, 2.24) is 0 Å². The van der Waals surface area contributed by atoms with Crippen LogP contribution in [0.3, 0.4) is 0 Å². The van der Waals surface area contributed by atoms with Crippen molar-refractivity contribution in [3.8, 4) is 0 Å². The van der Waals surface area contributed by atoms with E-state index in [0.29, 0.717) is 5.69 Å². The number of hydrogen-bond acceptors (Lipinski definition) is 2. The fraction of sp³-hybridized carbons (Fsp3) is 0.364. The maximum Gasteiger partial charge on any atom is 0.255 e. The Kier molecular flexibility index (Phi) is 3.52. The Hall–Kier alpha value is -0.870. The molecule has 0 heterocycles. The van der Waals surface area contributed by atoms with E-state index < -0.39 is 11.5 Å². The molecule has 0 unspecified atom stereocenters. The van der Waals surface area contributed by atoms with Crippen LogP contribution < -0.4 is 5.32 Å². The summed E-state index contributed by atoms with van der Waals surface area (Å²) in [5, 5.41) is 12.2. The number of hydrogen-bond donors (Lipinski definition) is 2. The van der Waals surface area contributed by atoms with Gasteiger partial charge in [-0.2, -0.15) is 0 Å². The first-order valence-corrected chi connectivity index (χ1v) is 5.40. The summed E-state index contributed by atoms with van der Waals surface area (Å²) in [5.41, 5.74) is 0.293. The first-order chi connectivity index (χ1) is 6.80. The fourth-order valence-electron chi connectivity index (χ4n) is 1.00. The summed E-state index contributed by atoms with van der Waals surface area (Å²) in [4.78, 5) is 11.5. The number of aryl methyl sites for hydroxylation is 1. The van der Waals surface area contributed by atoms with Crippen molar-refractivity contribution in [2.24, 2.45) is 0 Å². The Morgan fingerprint density at radius 1 is 1.47 bits per heavy atom. The molecule has 1 rings (SSSR count). The molecule has 1 aromatic rings. The summed E-state index contributed by atoms with van der Waals surface area (Å²) in [6.07, 6.45) is 0. The predicted molar refractivity (Wildman–Crippen MR) is 63.8 cm³/mol. The molecule has 15 heavy (non-hydrogen) atoms. The van der Waals surface area contributed by atoms with Gasteiger partial charge in [0, 0.05) is 10.2 Å². The lowest BCUT2D eigenvalue weighted by Crippen LogP contribution is -2.36. The Balaban J connectivity index is 2.90. The largest absolute Gasteiger partial charge is 0.381 e. The van der Waals surface area contributed by atoms with Crippen LogP contribution in [-0.4, -0.2) is 16.6 Å². The van der Waals surface area contributed by atoms with Crippen molar-refractivity contribution in [2.75, 3.05) is 5.32 Å². The number of anilines is 1. The third-order valence-electron chi connectivity index (χ3n) is 2.00. The van der Waals surface area contributed by atoms with Gasteiger partial charge in [0.05, 0.1) is 0 Å². The molecule has 0 aromatic heterocycles. The first-order valence-electron chi connectivity index (χ1n) is 4.60. The Labute approximate surface area is 97.6 Å². The maximum atomic E-state index is 11.5. The van der Waals surface area contributed by atoms with E-state index in [0.717, 1.165) is 10.0 Å². The van der Waals surface area contributed by atoms with Crippen LogP contribution in [0.1, 0.15) is 19.4 Å². The highest BCUT2D eigenvalue weighted by molar-refractivity contribution is 9.10. The Morgan fingerprint density at radius 3 is 2.60 bits per heavy atom. The number of rotatable bonds is 2. The van der Waals surface area contributed by atoms with Crippen LogP contribution in [0.5, 0.6) is 0 Å². The molecule has 0 saturated carbocycles. The molecule has 0 aliphatic heterocycles. The number of amides is 1. The molecule has 0 bridgehead atoms. The van der Waals surface area contributed by atoms with Gasteiger partial charge in [-0.15, -0.1) is 0 Å². The Bertz CT molecular complexity index is 383. The van der Waals surface area contributed by atoms with Crippen molar-refractivity contribution in [3.63, 3.8) is 0 Å². The molecule has 0 saturated heterocycles. The standard InChI is InChI=1S/C11H14BrNO2/c1-7-4-5-8(12)6-9(7)13-10(14)11(2,3)15/h4-6,15H,1-3H3,(H,13,14). The second kappa shape index (κ2) is 4.33. The van der Waals surface area contributed by atoms with Gasteiger partial charge >= 0.3 is 0 Å². The van der Waals surface area contributed by atoms with Crippen LogP contribution in [0.15, 0.2) is 22.7 Å². The number of benzene rings is 1. The molecule has 0 atom stereocenters. The minimum Gasteiger partial charge on any atom is -0.381 e. The molecular weight excluding hydrogens is 258 g/mol. The first kappa shape index (κ1) is 12.2. The summed E-state index contributed by atoms with van der Waals surface area (Å²) in [6, 6.07) is 5.60. The maximum absolute atomic E-state index is 11.5. The summed E-state index contributed by atoms with van der Waals surface area (Å²) in [6.45, 7) is 4.80. The summed E-state index contributed by atoms with van der Waals surface area (Å²) >= 11 is 3.32. The van der Waals surface area contributed by atoms with Crippen LogP contribution in [-0.2, 0) is 4.79 Å². The average molecular weight is 272 g/mol. The van der Waals surface area contributed by atoms with E-state index in [2.05, 4.69) is 21.2 Å². The minimum absolute atomic E-state index is 0.413. The van der Waals surface area contributed by atoms with Crippen molar-refractivity contribution < 1.29 is 9.90 Å². The zero-order chi connectivity index (χ0) is 11.6. The Morgan fingerprint density at radius 2 is 2.07 bits per heavy atom. The number of carbonyl (C=O) groups is 1. The van der Waals surface area contributed by atoms with Gasteiger partial charge in [-0.3, -0.25) is 4.79 Å². The van der Waals surface area contributed by atoms with Crippen LogP contribution >= 0.6 is 15.9 Å². The number of carbonyl (C=O) groups excluding carboxylic acids is 1. The van der Waals surface area contributed by atoms with E-state index in [1.807, 2.05) is 19.1 Å². The second-order valence-corrected chi connectivity index (χ2v) is 4.89. The van der Waals surface area contributed by atoms with E-state index in [1.54, 1.807) is 6.07 Å². The molecule has 4 heteroatoms. The molecule has 3 nitrogen and oxygen atoms in total. The lowest BCUT2D eigenvalue weighted by Gasteiger charge is -2.17. The second-order valence-electron chi connectivity index (χ2n) is 3.97. The van der Waals surface area contributed by atoms with E-state index in [-0.39, 0.29) is 0 Å². The highest BCUT2D eigenvalue weighted by Gasteiger charge is 2.23. The van der Waals surface area contributed by atoms with Crippen LogP contribution in [0.2, 0.25) is 0 Å². The van der Waals surface area contributed by atoms with E-state index in [9.17, 15) is 9.90 Å². The van der Waals surface area contributed by atoms with Crippen molar-refractivity contribution in [1.29, 1.82) is 0 Å². The lowest BCUT2D eigenvalue weighted by atomic mass is 10.1. The minimum atomic E-state index is -1.37.